The Morgan fingerprint density at radius 3 is 2.57 bits per heavy atom. The number of unbranched alkanes of at least 4 members (excludes halogenated alkanes) is 2. The molecule has 0 bridgehead atoms. The third-order valence-corrected chi connectivity index (χ3v) is 4.79. The molecule has 0 unspecified atom stereocenters. The fraction of sp³-hybridized carbons (Fsp3) is 0.318. The van der Waals surface area contributed by atoms with Crippen molar-refractivity contribution >= 4 is 23.1 Å². The minimum Gasteiger partial charge on any atom is -0.351 e. The number of nitrogens with zero attached hydrogens (tertiary/aromatic N) is 3. The van der Waals surface area contributed by atoms with Crippen LogP contribution in [0.1, 0.15) is 41.9 Å². The van der Waals surface area contributed by atoms with Crippen LogP contribution in [-0.2, 0) is 4.79 Å². The molecular formula is C22H26N4O2. The van der Waals surface area contributed by atoms with Gasteiger partial charge in [0.25, 0.3) is 5.91 Å². The first-order valence-corrected chi connectivity index (χ1v) is 9.61. The van der Waals surface area contributed by atoms with E-state index in [-0.39, 0.29) is 11.8 Å². The van der Waals surface area contributed by atoms with Crippen LogP contribution in [0.5, 0.6) is 0 Å². The van der Waals surface area contributed by atoms with E-state index in [1.54, 1.807) is 11.9 Å². The van der Waals surface area contributed by atoms with Gasteiger partial charge in [0.2, 0.25) is 5.91 Å². The third-order valence-electron chi connectivity index (χ3n) is 4.79. The lowest BCUT2D eigenvalue weighted by atomic mass is 10.1. The zero-order chi connectivity index (χ0) is 19.9. The van der Waals surface area contributed by atoms with Gasteiger partial charge in [-0.2, -0.15) is 0 Å². The molecule has 28 heavy (non-hydrogen) atoms. The van der Waals surface area contributed by atoms with Gasteiger partial charge in [-0.05, 0) is 44.0 Å². The number of para-hydroxylation sites is 1. The first-order valence-electron chi connectivity index (χ1n) is 9.61. The van der Waals surface area contributed by atoms with E-state index in [0.29, 0.717) is 18.7 Å². The summed E-state index contributed by atoms with van der Waals surface area (Å²) >= 11 is 0. The Morgan fingerprint density at radius 1 is 1.04 bits per heavy atom. The number of fused-ring (bicyclic) bond motifs is 1. The molecule has 6 heteroatoms. The van der Waals surface area contributed by atoms with Crippen LogP contribution in [0.25, 0.3) is 5.65 Å². The van der Waals surface area contributed by atoms with Crippen LogP contribution in [0.2, 0.25) is 0 Å². The molecule has 0 fully saturated rings. The molecule has 3 aromatic rings. The lowest BCUT2D eigenvalue weighted by Crippen LogP contribution is -2.27. The largest absolute Gasteiger partial charge is 0.351 e. The predicted octanol–water partition coefficient (Wildman–Crippen LogP) is 3.60. The standard InChI is InChI=1S/C22H26N4O2/c1-17-21(26-16-10-8-13-19(26)24-17)22(28)23-15-9-4-7-14-20(27)25(2)18-11-5-3-6-12-18/h3,5-6,8,10-13,16H,4,7,9,14-15H2,1-2H3,(H,23,28). The summed E-state index contributed by atoms with van der Waals surface area (Å²) in [7, 11) is 1.80. The second kappa shape index (κ2) is 9.17. The van der Waals surface area contributed by atoms with Gasteiger partial charge in [-0.25, -0.2) is 4.98 Å². The summed E-state index contributed by atoms with van der Waals surface area (Å²) in [5.41, 5.74) is 2.97. The molecule has 0 saturated heterocycles. The van der Waals surface area contributed by atoms with E-state index in [1.807, 2.05) is 66.1 Å². The first-order chi connectivity index (χ1) is 13.6. The number of carbonyl (C=O) groups excluding carboxylic acids is 2. The second-order valence-corrected chi connectivity index (χ2v) is 6.83. The van der Waals surface area contributed by atoms with Crippen molar-refractivity contribution in [3.05, 3.63) is 66.1 Å². The van der Waals surface area contributed by atoms with Gasteiger partial charge in [0.15, 0.2) is 0 Å². The van der Waals surface area contributed by atoms with Crippen molar-refractivity contribution in [1.29, 1.82) is 0 Å². The topological polar surface area (TPSA) is 66.7 Å². The monoisotopic (exact) mass is 378 g/mol. The fourth-order valence-electron chi connectivity index (χ4n) is 3.21. The van der Waals surface area contributed by atoms with Crippen molar-refractivity contribution < 1.29 is 9.59 Å². The Balaban J connectivity index is 1.39. The van der Waals surface area contributed by atoms with Crippen LogP contribution < -0.4 is 10.2 Å². The maximum atomic E-state index is 12.5. The van der Waals surface area contributed by atoms with Gasteiger partial charge in [0.1, 0.15) is 11.3 Å². The number of rotatable bonds is 8. The summed E-state index contributed by atoms with van der Waals surface area (Å²) in [5.74, 6) is -0.00678. The highest BCUT2D eigenvalue weighted by molar-refractivity contribution is 5.94. The minimum atomic E-state index is -0.115. The van der Waals surface area contributed by atoms with Gasteiger partial charge in [-0.15, -0.1) is 0 Å². The molecule has 0 aliphatic heterocycles. The van der Waals surface area contributed by atoms with E-state index in [9.17, 15) is 9.59 Å². The lowest BCUT2D eigenvalue weighted by molar-refractivity contribution is -0.118. The van der Waals surface area contributed by atoms with Crippen molar-refractivity contribution in [1.82, 2.24) is 14.7 Å². The van der Waals surface area contributed by atoms with Crippen LogP contribution in [0, 0.1) is 6.92 Å². The van der Waals surface area contributed by atoms with Crippen LogP contribution in [0.15, 0.2) is 54.7 Å². The highest BCUT2D eigenvalue weighted by Crippen LogP contribution is 2.14. The van der Waals surface area contributed by atoms with E-state index in [4.69, 9.17) is 0 Å². The number of anilines is 1. The lowest BCUT2D eigenvalue weighted by Gasteiger charge is -2.17. The van der Waals surface area contributed by atoms with Crippen molar-refractivity contribution in [3.63, 3.8) is 0 Å². The number of imidazole rings is 1. The number of nitrogens with one attached hydrogen (secondary N) is 1. The molecule has 6 nitrogen and oxygen atoms in total. The van der Waals surface area contributed by atoms with Crippen LogP contribution in [0.3, 0.4) is 0 Å². The average molecular weight is 378 g/mol. The highest BCUT2D eigenvalue weighted by atomic mass is 16.2. The molecule has 0 spiro atoms. The smallest absolute Gasteiger partial charge is 0.270 e. The van der Waals surface area contributed by atoms with E-state index >= 15 is 0 Å². The van der Waals surface area contributed by atoms with E-state index in [1.165, 1.54) is 0 Å². The molecule has 2 amide bonds. The fourth-order valence-corrected chi connectivity index (χ4v) is 3.21. The summed E-state index contributed by atoms with van der Waals surface area (Å²) in [5, 5.41) is 2.96. The van der Waals surface area contributed by atoms with Crippen molar-refractivity contribution in [2.45, 2.75) is 32.6 Å². The molecule has 3 rings (SSSR count). The van der Waals surface area contributed by atoms with Crippen LogP contribution >= 0.6 is 0 Å². The van der Waals surface area contributed by atoms with E-state index < -0.39 is 0 Å². The second-order valence-electron chi connectivity index (χ2n) is 6.83. The summed E-state index contributed by atoms with van der Waals surface area (Å²) < 4.78 is 1.81. The molecular weight excluding hydrogens is 352 g/mol. The number of carbonyl (C=O) groups is 2. The molecule has 0 aliphatic rings. The van der Waals surface area contributed by atoms with Crippen molar-refractivity contribution in [3.8, 4) is 0 Å². The van der Waals surface area contributed by atoms with Gasteiger partial charge in [-0.1, -0.05) is 30.7 Å². The third kappa shape index (κ3) is 4.57. The Kier molecular flexibility index (Phi) is 6.42. The van der Waals surface area contributed by atoms with E-state index in [0.717, 1.165) is 36.3 Å². The quantitative estimate of drug-likeness (QED) is 0.609. The van der Waals surface area contributed by atoms with E-state index in [2.05, 4.69) is 10.3 Å². The molecule has 2 heterocycles. The van der Waals surface area contributed by atoms with Gasteiger partial charge < -0.3 is 10.2 Å². The maximum absolute atomic E-state index is 12.5. The molecule has 0 atom stereocenters. The number of aromatic nitrogens is 2. The Bertz CT molecular complexity index is 950. The molecule has 1 N–H and O–H groups in total. The zero-order valence-corrected chi connectivity index (χ0v) is 16.4. The summed E-state index contributed by atoms with van der Waals surface area (Å²) in [6.45, 7) is 2.43. The summed E-state index contributed by atoms with van der Waals surface area (Å²) in [4.78, 5) is 30.8. The molecule has 0 aliphatic carbocycles. The molecule has 2 aromatic heterocycles. The summed E-state index contributed by atoms with van der Waals surface area (Å²) in [6.07, 6.45) is 4.88. The van der Waals surface area contributed by atoms with Gasteiger partial charge in [-0.3, -0.25) is 14.0 Å². The van der Waals surface area contributed by atoms with Gasteiger partial charge in [0.05, 0.1) is 5.69 Å². The Labute approximate surface area is 165 Å². The number of aryl methyl sites for hydroxylation is 1. The number of hydrogen-bond acceptors (Lipinski definition) is 3. The number of amides is 2. The molecule has 1 aromatic carbocycles. The summed E-state index contributed by atoms with van der Waals surface area (Å²) in [6, 6.07) is 15.3. The van der Waals surface area contributed by atoms with Gasteiger partial charge in [0, 0.05) is 31.9 Å². The number of benzene rings is 1. The Morgan fingerprint density at radius 2 is 1.79 bits per heavy atom. The van der Waals surface area contributed by atoms with Gasteiger partial charge >= 0.3 is 0 Å². The van der Waals surface area contributed by atoms with Crippen molar-refractivity contribution in [2.75, 3.05) is 18.5 Å². The van der Waals surface area contributed by atoms with Crippen molar-refractivity contribution in [2.24, 2.45) is 0 Å². The Hall–Kier alpha value is -3.15. The first kappa shape index (κ1) is 19.6. The molecule has 0 radical (unpaired) electrons. The average Bonchev–Trinajstić information content (AvgIpc) is 3.06. The predicted molar refractivity (Wildman–Crippen MR) is 111 cm³/mol. The minimum absolute atomic E-state index is 0.108. The maximum Gasteiger partial charge on any atom is 0.270 e. The van der Waals surface area contributed by atoms with Crippen LogP contribution in [0.4, 0.5) is 5.69 Å². The molecule has 0 saturated carbocycles. The number of pyridine rings is 1. The molecule has 146 valence electrons. The highest BCUT2D eigenvalue weighted by Gasteiger charge is 2.15. The van der Waals surface area contributed by atoms with Crippen LogP contribution in [-0.4, -0.2) is 34.8 Å². The number of hydrogen-bond donors (Lipinski definition) is 1. The zero-order valence-electron chi connectivity index (χ0n) is 16.4. The normalized spacial score (nSPS) is 10.8. The SMILES string of the molecule is Cc1nc2ccccn2c1C(=O)NCCCCCC(=O)N(C)c1ccccc1.